The summed E-state index contributed by atoms with van der Waals surface area (Å²) in [7, 11) is 3.99. The van der Waals surface area contributed by atoms with Crippen molar-refractivity contribution in [1.29, 1.82) is 0 Å². The molecule has 1 aromatic rings. The van der Waals surface area contributed by atoms with Gasteiger partial charge in [-0.05, 0) is 44.2 Å². The molecule has 2 atom stereocenters. The summed E-state index contributed by atoms with van der Waals surface area (Å²) < 4.78 is 0. The number of hydrogen-bond donors (Lipinski definition) is 1. The normalized spacial score (nSPS) is 21.6. The Hall–Kier alpha value is -1.81. The number of amides is 1. The number of phenols is 1. The van der Waals surface area contributed by atoms with E-state index in [1.807, 2.05) is 18.0 Å². The van der Waals surface area contributed by atoms with Crippen LogP contribution in [0.3, 0.4) is 0 Å². The van der Waals surface area contributed by atoms with Crippen LogP contribution in [0.1, 0.15) is 36.0 Å². The molecule has 1 fully saturated rings. The summed E-state index contributed by atoms with van der Waals surface area (Å²) >= 11 is 0. The Balaban J connectivity index is 2.14. The number of aromatic hydroxyl groups is 1. The quantitative estimate of drug-likeness (QED) is 0.851. The fourth-order valence-electron chi connectivity index (χ4n) is 3.35. The Morgan fingerprint density at radius 2 is 1.82 bits per heavy atom. The lowest BCUT2D eigenvalue weighted by Crippen LogP contribution is -2.52. The molecular weight excluding hydrogens is 276 g/mol. The first-order valence-corrected chi connectivity index (χ1v) is 7.92. The van der Waals surface area contributed by atoms with Gasteiger partial charge in [-0.25, -0.2) is 0 Å². The van der Waals surface area contributed by atoms with E-state index in [0.29, 0.717) is 11.6 Å². The number of nitrogens with zero attached hydrogens (tertiary/aromatic N) is 2. The van der Waals surface area contributed by atoms with E-state index in [1.54, 1.807) is 24.3 Å². The first-order valence-electron chi connectivity index (χ1n) is 7.92. The zero-order chi connectivity index (χ0) is 16.1. The van der Waals surface area contributed by atoms with Gasteiger partial charge in [-0.2, -0.15) is 0 Å². The molecule has 0 radical (unpaired) electrons. The van der Waals surface area contributed by atoms with Crippen LogP contribution in [0.15, 0.2) is 36.9 Å². The predicted octanol–water partition coefficient (Wildman–Crippen LogP) is 2.89. The molecule has 1 aliphatic carbocycles. The van der Waals surface area contributed by atoms with Gasteiger partial charge in [-0.3, -0.25) is 9.69 Å². The lowest BCUT2D eigenvalue weighted by Gasteiger charge is -2.42. The average molecular weight is 302 g/mol. The van der Waals surface area contributed by atoms with Crippen molar-refractivity contribution < 1.29 is 9.90 Å². The number of likely N-dealkylation sites (N-methyl/N-ethyl adjacent to an activating group) is 2. The molecule has 120 valence electrons. The molecule has 0 bridgehead atoms. The van der Waals surface area contributed by atoms with Crippen molar-refractivity contribution in [3.63, 3.8) is 0 Å². The van der Waals surface area contributed by atoms with E-state index < -0.39 is 0 Å². The van der Waals surface area contributed by atoms with Crippen LogP contribution in [0.4, 0.5) is 0 Å². The molecule has 22 heavy (non-hydrogen) atoms. The number of carbonyl (C=O) groups is 1. The Labute approximate surface area is 133 Å². The van der Waals surface area contributed by atoms with Gasteiger partial charge in [0.15, 0.2) is 0 Å². The van der Waals surface area contributed by atoms with Gasteiger partial charge in [0, 0.05) is 31.2 Å². The summed E-state index contributed by atoms with van der Waals surface area (Å²) in [6.45, 7) is 4.65. The van der Waals surface area contributed by atoms with Gasteiger partial charge in [-0.1, -0.05) is 18.9 Å². The number of phenolic OH excluding ortho intramolecular Hbond substituents is 1. The fraction of sp³-hybridized carbons (Fsp3) is 0.500. The smallest absolute Gasteiger partial charge is 0.253 e. The van der Waals surface area contributed by atoms with E-state index in [4.69, 9.17) is 0 Å². The monoisotopic (exact) mass is 302 g/mol. The van der Waals surface area contributed by atoms with E-state index in [0.717, 1.165) is 25.8 Å². The third-order valence-corrected chi connectivity index (χ3v) is 4.61. The SMILES string of the molecule is C=CCN(C)[C@@H]1CCCCC1N(C)C(=O)c1ccc(O)cc1. The summed E-state index contributed by atoms with van der Waals surface area (Å²) in [6.07, 6.45) is 6.43. The van der Waals surface area contributed by atoms with E-state index in [-0.39, 0.29) is 17.7 Å². The molecule has 1 saturated carbocycles. The van der Waals surface area contributed by atoms with Crippen LogP contribution in [0, 0.1) is 0 Å². The van der Waals surface area contributed by atoms with Crippen LogP contribution in [0.5, 0.6) is 5.75 Å². The van der Waals surface area contributed by atoms with Crippen molar-refractivity contribution >= 4 is 5.91 Å². The maximum atomic E-state index is 12.7. The molecule has 1 aliphatic rings. The van der Waals surface area contributed by atoms with Gasteiger partial charge < -0.3 is 10.0 Å². The molecular formula is C18H26N2O2. The average Bonchev–Trinajstić information content (AvgIpc) is 2.54. The van der Waals surface area contributed by atoms with Gasteiger partial charge in [-0.15, -0.1) is 6.58 Å². The molecule has 2 rings (SSSR count). The fourth-order valence-corrected chi connectivity index (χ4v) is 3.35. The van der Waals surface area contributed by atoms with Crippen molar-refractivity contribution in [3.05, 3.63) is 42.5 Å². The topological polar surface area (TPSA) is 43.8 Å². The van der Waals surface area contributed by atoms with E-state index in [1.165, 1.54) is 6.42 Å². The highest BCUT2D eigenvalue weighted by molar-refractivity contribution is 5.94. The first-order chi connectivity index (χ1) is 10.5. The largest absolute Gasteiger partial charge is 0.508 e. The van der Waals surface area contributed by atoms with Crippen molar-refractivity contribution in [2.75, 3.05) is 20.6 Å². The summed E-state index contributed by atoms with van der Waals surface area (Å²) in [5.41, 5.74) is 0.621. The second-order valence-electron chi connectivity index (χ2n) is 6.11. The number of hydrogen-bond acceptors (Lipinski definition) is 3. The summed E-state index contributed by atoms with van der Waals surface area (Å²) in [4.78, 5) is 16.8. The highest BCUT2D eigenvalue weighted by Crippen LogP contribution is 2.27. The lowest BCUT2D eigenvalue weighted by atomic mass is 9.88. The number of carbonyl (C=O) groups excluding carboxylic acids is 1. The van der Waals surface area contributed by atoms with Gasteiger partial charge in [0.1, 0.15) is 5.75 Å². The van der Waals surface area contributed by atoms with Crippen LogP contribution < -0.4 is 0 Å². The Morgan fingerprint density at radius 3 is 2.41 bits per heavy atom. The van der Waals surface area contributed by atoms with Gasteiger partial charge in [0.2, 0.25) is 0 Å². The third-order valence-electron chi connectivity index (χ3n) is 4.61. The van der Waals surface area contributed by atoms with Crippen LogP contribution in [0.25, 0.3) is 0 Å². The maximum Gasteiger partial charge on any atom is 0.253 e. The van der Waals surface area contributed by atoms with Crippen LogP contribution in [0.2, 0.25) is 0 Å². The van der Waals surface area contributed by atoms with Crippen LogP contribution >= 0.6 is 0 Å². The van der Waals surface area contributed by atoms with Crippen molar-refractivity contribution in [2.45, 2.75) is 37.8 Å². The van der Waals surface area contributed by atoms with Crippen molar-refractivity contribution in [2.24, 2.45) is 0 Å². The molecule has 0 heterocycles. The lowest BCUT2D eigenvalue weighted by molar-refractivity contribution is 0.0522. The molecule has 4 nitrogen and oxygen atoms in total. The molecule has 1 aromatic carbocycles. The minimum absolute atomic E-state index is 0.0175. The standard InChI is InChI=1S/C18H26N2O2/c1-4-13-19(2)16-7-5-6-8-17(16)20(3)18(22)14-9-11-15(21)12-10-14/h4,9-12,16-17,21H,1,5-8,13H2,2-3H3/t16-,17?/m1/s1. The minimum Gasteiger partial charge on any atom is -0.508 e. The number of benzene rings is 1. The number of rotatable bonds is 5. The summed E-state index contributed by atoms with van der Waals surface area (Å²) in [5, 5.41) is 9.36. The Kier molecular flexibility index (Phi) is 5.61. The molecule has 0 saturated heterocycles. The van der Waals surface area contributed by atoms with Gasteiger partial charge in [0.05, 0.1) is 0 Å². The minimum atomic E-state index is 0.0175. The highest BCUT2D eigenvalue weighted by atomic mass is 16.3. The second-order valence-corrected chi connectivity index (χ2v) is 6.11. The van der Waals surface area contributed by atoms with Gasteiger partial charge >= 0.3 is 0 Å². The molecule has 0 aliphatic heterocycles. The molecule has 0 aromatic heterocycles. The first kappa shape index (κ1) is 16.6. The molecule has 4 heteroatoms. The van der Waals surface area contributed by atoms with Crippen LogP contribution in [-0.4, -0.2) is 53.5 Å². The summed E-state index contributed by atoms with van der Waals surface area (Å²) in [6, 6.07) is 7.07. The van der Waals surface area contributed by atoms with E-state index in [9.17, 15) is 9.90 Å². The molecule has 1 amide bonds. The van der Waals surface area contributed by atoms with Gasteiger partial charge in [0.25, 0.3) is 5.91 Å². The maximum absolute atomic E-state index is 12.7. The Bertz CT molecular complexity index is 512. The zero-order valence-corrected chi connectivity index (χ0v) is 13.5. The molecule has 0 spiro atoms. The van der Waals surface area contributed by atoms with E-state index >= 15 is 0 Å². The summed E-state index contributed by atoms with van der Waals surface area (Å²) in [5.74, 6) is 0.198. The third kappa shape index (κ3) is 3.69. The van der Waals surface area contributed by atoms with Crippen LogP contribution in [-0.2, 0) is 0 Å². The second kappa shape index (κ2) is 7.45. The molecule has 1 N–H and O–H groups in total. The highest BCUT2D eigenvalue weighted by Gasteiger charge is 2.33. The van der Waals surface area contributed by atoms with Crippen molar-refractivity contribution in [1.82, 2.24) is 9.80 Å². The molecule has 1 unspecified atom stereocenters. The predicted molar refractivity (Wildman–Crippen MR) is 89.1 cm³/mol. The zero-order valence-electron chi connectivity index (χ0n) is 13.5. The Morgan fingerprint density at radius 1 is 1.23 bits per heavy atom. The van der Waals surface area contributed by atoms with Crippen molar-refractivity contribution in [3.8, 4) is 5.75 Å². The van der Waals surface area contributed by atoms with E-state index in [2.05, 4.69) is 18.5 Å².